The fourth-order valence-electron chi connectivity index (χ4n) is 1.59. The number of furan rings is 1. The molecule has 0 saturated carbocycles. The average molecular weight is 226 g/mol. The molecule has 2 aromatic rings. The molecule has 0 unspecified atom stereocenters. The van der Waals surface area contributed by atoms with E-state index in [1.165, 1.54) is 6.07 Å². The van der Waals surface area contributed by atoms with Crippen LogP contribution in [0.4, 0.5) is 5.69 Å². The summed E-state index contributed by atoms with van der Waals surface area (Å²) in [6, 6.07) is 3.08. The third kappa shape index (κ3) is 1.47. The summed E-state index contributed by atoms with van der Waals surface area (Å²) in [6.45, 7) is 3.47. The first-order valence-electron chi connectivity index (χ1n) is 4.34. The van der Waals surface area contributed by atoms with Gasteiger partial charge in [0, 0.05) is 17.0 Å². The minimum atomic E-state index is -0.441. The maximum Gasteiger partial charge on any atom is 0.274 e. The summed E-state index contributed by atoms with van der Waals surface area (Å²) in [5, 5.41) is 11.7. The van der Waals surface area contributed by atoms with E-state index >= 15 is 0 Å². The minimum absolute atomic E-state index is 0.0216. The van der Waals surface area contributed by atoms with E-state index in [0.717, 1.165) is 0 Å². The number of nitrogens with zero attached hydrogens (tertiary/aromatic N) is 1. The molecule has 1 aromatic heterocycles. The number of benzene rings is 1. The topological polar surface area (TPSA) is 56.3 Å². The molecule has 2 rings (SSSR count). The molecule has 0 fully saturated rings. The van der Waals surface area contributed by atoms with Crippen molar-refractivity contribution in [2.24, 2.45) is 0 Å². The van der Waals surface area contributed by atoms with Crippen molar-refractivity contribution in [2.75, 3.05) is 0 Å². The predicted molar refractivity (Wildman–Crippen MR) is 57.4 cm³/mol. The number of fused-ring (bicyclic) bond motifs is 1. The largest absolute Gasteiger partial charge is 0.460 e. The van der Waals surface area contributed by atoms with Gasteiger partial charge in [-0.3, -0.25) is 10.1 Å². The van der Waals surface area contributed by atoms with Crippen LogP contribution in [0.15, 0.2) is 16.5 Å². The highest BCUT2D eigenvalue weighted by molar-refractivity contribution is 6.35. The van der Waals surface area contributed by atoms with Gasteiger partial charge in [0.05, 0.1) is 9.95 Å². The predicted octanol–water partition coefficient (Wildman–Crippen LogP) is 3.61. The normalized spacial score (nSPS) is 10.9. The Labute approximate surface area is 90.6 Å². The van der Waals surface area contributed by atoms with E-state index in [1.54, 1.807) is 19.9 Å². The Hall–Kier alpha value is -1.55. The number of hydrogen-bond donors (Lipinski definition) is 0. The van der Waals surface area contributed by atoms with Gasteiger partial charge in [0.2, 0.25) is 0 Å². The molecule has 0 amide bonds. The Morgan fingerprint density at radius 1 is 1.40 bits per heavy atom. The van der Waals surface area contributed by atoms with Gasteiger partial charge in [-0.05, 0) is 19.9 Å². The highest BCUT2D eigenvalue weighted by Gasteiger charge is 2.18. The van der Waals surface area contributed by atoms with Crippen LogP contribution in [-0.2, 0) is 0 Å². The van der Waals surface area contributed by atoms with Crippen LogP contribution in [0.2, 0.25) is 5.02 Å². The van der Waals surface area contributed by atoms with Crippen molar-refractivity contribution in [3.8, 4) is 0 Å². The van der Waals surface area contributed by atoms with Crippen molar-refractivity contribution in [1.82, 2.24) is 0 Å². The molecule has 0 bridgehead atoms. The summed E-state index contributed by atoms with van der Waals surface area (Å²) >= 11 is 5.89. The summed E-state index contributed by atoms with van der Waals surface area (Å²) in [5.74, 6) is 0.690. The van der Waals surface area contributed by atoms with E-state index in [2.05, 4.69) is 0 Å². The van der Waals surface area contributed by atoms with Gasteiger partial charge in [-0.1, -0.05) is 11.6 Å². The fourth-order valence-corrected chi connectivity index (χ4v) is 1.84. The third-order valence-electron chi connectivity index (χ3n) is 2.32. The zero-order valence-corrected chi connectivity index (χ0v) is 8.96. The second kappa shape index (κ2) is 3.24. The molecule has 0 spiro atoms. The molecule has 0 saturated heterocycles. The lowest BCUT2D eigenvalue weighted by atomic mass is 10.1. The first-order chi connectivity index (χ1) is 7.00. The molecule has 0 aliphatic rings. The Morgan fingerprint density at radius 2 is 2.07 bits per heavy atom. The molecule has 0 aliphatic carbocycles. The summed E-state index contributed by atoms with van der Waals surface area (Å²) in [6.07, 6.45) is 0. The van der Waals surface area contributed by atoms with Gasteiger partial charge < -0.3 is 4.42 Å². The van der Waals surface area contributed by atoms with E-state index in [9.17, 15) is 10.1 Å². The van der Waals surface area contributed by atoms with Crippen LogP contribution in [0, 0.1) is 24.0 Å². The lowest BCUT2D eigenvalue weighted by Crippen LogP contribution is -1.91. The van der Waals surface area contributed by atoms with Crippen LogP contribution in [-0.4, -0.2) is 4.92 Å². The van der Waals surface area contributed by atoms with Crippen LogP contribution in [0.3, 0.4) is 0 Å². The van der Waals surface area contributed by atoms with E-state index < -0.39 is 4.92 Å². The molecule has 1 heterocycles. The third-order valence-corrected chi connectivity index (χ3v) is 2.60. The molecule has 5 heteroatoms. The number of nitro benzene ring substituents is 1. The van der Waals surface area contributed by atoms with Crippen LogP contribution < -0.4 is 0 Å². The second-order valence-corrected chi connectivity index (χ2v) is 3.77. The van der Waals surface area contributed by atoms with E-state index in [0.29, 0.717) is 22.3 Å². The molecule has 4 nitrogen and oxygen atoms in total. The van der Waals surface area contributed by atoms with Gasteiger partial charge in [0.15, 0.2) is 5.58 Å². The Balaban J connectivity index is 2.89. The van der Waals surface area contributed by atoms with Crippen molar-refractivity contribution in [2.45, 2.75) is 13.8 Å². The standard InChI is InChI=1S/C10H8ClNO3/c1-5-3-7-6(2)9(12(13)14)4-8(11)10(7)15-5/h3-4H,1-2H3. The number of hydrogen-bond acceptors (Lipinski definition) is 3. The number of rotatable bonds is 1. The Kier molecular flexibility index (Phi) is 2.16. The summed E-state index contributed by atoms with van der Waals surface area (Å²) in [4.78, 5) is 10.3. The van der Waals surface area contributed by atoms with Gasteiger partial charge in [-0.25, -0.2) is 0 Å². The number of nitro groups is 1. The maximum absolute atomic E-state index is 10.7. The highest BCUT2D eigenvalue weighted by atomic mass is 35.5. The smallest absolute Gasteiger partial charge is 0.274 e. The lowest BCUT2D eigenvalue weighted by Gasteiger charge is -1.99. The Bertz CT molecular complexity index is 559. The molecular weight excluding hydrogens is 218 g/mol. The van der Waals surface area contributed by atoms with Gasteiger partial charge in [-0.2, -0.15) is 0 Å². The molecule has 78 valence electrons. The summed E-state index contributed by atoms with van der Waals surface area (Å²) in [5.41, 5.74) is 1.11. The zero-order valence-electron chi connectivity index (χ0n) is 8.20. The first-order valence-corrected chi connectivity index (χ1v) is 4.72. The van der Waals surface area contributed by atoms with Crippen LogP contribution in [0.5, 0.6) is 0 Å². The summed E-state index contributed by atoms with van der Waals surface area (Å²) in [7, 11) is 0. The lowest BCUT2D eigenvalue weighted by molar-refractivity contribution is -0.385. The maximum atomic E-state index is 10.7. The van der Waals surface area contributed by atoms with Gasteiger partial charge >= 0.3 is 0 Å². The molecule has 15 heavy (non-hydrogen) atoms. The van der Waals surface area contributed by atoms with Gasteiger partial charge in [-0.15, -0.1) is 0 Å². The number of halogens is 1. The highest BCUT2D eigenvalue weighted by Crippen LogP contribution is 2.35. The van der Waals surface area contributed by atoms with E-state index in [1.807, 2.05) is 0 Å². The SMILES string of the molecule is Cc1cc2c(C)c([N+](=O)[O-])cc(Cl)c2o1. The van der Waals surface area contributed by atoms with E-state index in [-0.39, 0.29) is 10.7 Å². The quantitative estimate of drug-likeness (QED) is 0.550. The van der Waals surface area contributed by atoms with Crippen LogP contribution in [0.25, 0.3) is 11.0 Å². The molecule has 0 atom stereocenters. The van der Waals surface area contributed by atoms with Crippen molar-refractivity contribution < 1.29 is 9.34 Å². The fraction of sp³-hybridized carbons (Fsp3) is 0.200. The van der Waals surface area contributed by atoms with Crippen molar-refractivity contribution >= 4 is 28.3 Å². The number of aryl methyl sites for hydroxylation is 2. The van der Waals surface area contributed by atoms with Crippen molar-refractivity contribution in [1.29, 1.82) is 0 Å². The molecule has 1 aromatic carbocycles. The summed E-state index contributed by atoms with van der Waals surface area (Å²) < 4.78 is 5.36. The van der Waals surface area contributed by atoms with E-state index in [4.69, 9.17) is 16.0 Å². The molecule has 0 N–H and O–H groups in total. The van der Waals surface area contributed by atoms with Crippen molar-refractivity contribution in [3.05, 3.63) is 38.6 Å². The average Bonchev–Trinajstić information content (AvgIpc) is 2.53. The van der Waals surface area contributed by atoms with Crippen LogP contribution in [0.1, 0.15) is 11.3 Å². The molecular formula is C10H8ClNO3. The van der Waals surface area contributed by atoms with Gasteiger partial charge in [0.1, 0.15) is 5.76 Å². The molecule has 0 radical (unpaired) electrons. The van der Waals surface area contributed by atoms with Gasteiger partial charge in [0.25, 0.3) is 5.69 Å². The van der Waals surface area contributed by atoms with Crippen LogP contribution >= 0.6 is 11.6 Å². The second-order valence-electron chi connectivity index (χ2n) is 3.36. The molecule has 0 aliphatic heterocycles. The first kappa shape index (κ1) is 9.98. The Morgan fingerprint density at radius 3 is 2.67 bits per heavy atom. The zero-order chi connectivity index (χ0) is 11.2. The van der Waals surface area contributed by atoms with Crippen molar-refractivity contribution in [3.63, 3.8) is 0 Å². The minimum Gasteiger partial charge on any atom is -0.460 e. The monoisotopic (exact) mass is 225 g/mol.